The minimum absolute atomic E-state index is 0.291. The summed E-state index contributed by atoms with van der Waals surface area (Å²) in [6.07, 6.45) is 6.65. The van der Waals surface area contributed by atoms with Gasteiger partial charge in [-0.1, -0.05) is 6.42 Å². The third-order valence-electron chi connectivity index (χ3n) is 4.75. The largest absolute Gasteiger partial charge is 0.386 e. The molecule has 4 unspecified atom stereocenters. The maximum Gasteiger partial charge on any atom is 0.0999 e. The van der Waals surface area contributed by atoms with Gasteiger partial charge in [0.1, 0.15) is 0 Å². The zero-order chi connectivity index (χ0) is 12.9. The van der Waals surface area contributed by atoms with Gasteiger partial charge in [0.2, 0.25) is 0 Å². The van der Waals surface area contributed by atoms with Crippen molar-refractivity contribution < 1.29 is 5.11 Å². The molecule has 1 aromatic heterocycles. The molecule has 2 aliphatic rings. The van der Waals surface area contributed by atoms with Crippen LogP contribution in [0.2, 0.25) is 0 Å². The number of rotatable bonds is 3. The van der Waals surface area contributed by atoms with Crippen LogP contribution in [0, 0.1) is 17.8 Å². The zero-order valence-electron chi connectivity index (χ0n) is 11.0. The lowest BCUT2D eigenvalue weighted by Gasteiger charge is -2.28. The lowest BCUT2D eigenvalue weighted by atomic mass is 9.83. The maximum absolute atomic E-state index is 10.8. The van der Waals surface area contributed by atoms with Crippen molar-refractivity contribution in [3.63, 3.8) is 0 Å². The van der Waals surface area contributed by atoms with Crippen LogP contribution >= 0.6 is 15.9 Å². The van der Waals surface area contributed by atoms with Crippen LogP contribution < -0.4 is 0 Å². The lowest BCUT2D eigenvalue weighted by Crippen LogP contribution is -2.22. The quantitative estimate of drug-likeness (QED) is 0.924. The highest BCUT2D eigenvalue weighted by Gasteiger charge is 2.44. The van der Waals surface area contributed by atoms with Crippen LogP contribution in [-0.4, -0.2) is 14.9 Å². The fourth-order valence-corrected chi connectivity index (χ4v) is 4.43. The molecule has 100 valence electrons. The summed E-state index contributed by atoms with van der Waals surface area (Å²) in [7, 11) is 0. The highest BCUT2D eigenvalue weighted by Crippen LogP contribution is 2.53. The van der Waals surface area contributed by atoms with E-state index in [2.05, 4.69) is 34.9 Å². The third kappa shape index (κ3) is 1.94. The first kappa shape index (κ1) is 12.7. The highest BCUT2D eigenvalue weighted by molar-refractivity contribution is 9.10. The number of hydrogen-bond acceptors (Lipinski definition) is 2. The van der Waals surface area contributed by atoms with Crippen molar-refractivity contribution in [2.24, 2.45) is 17.8 Å². The first-order valence-corrected chi connectivity index (χ1v) is 7.78. The molecule has 18 heavy (non-hydrogen) atoms. The van der Waals surface area contributed by atoms with Crippen molar-refractivity contribution >= 4 is 15.9 Å². The molecule has 3 rings (SSSR count). The monoisotopic (exact) mass is 312 g/mol. The average molecular weight is 313 g/mol. The average Bonchev–Trinajstić information content (AvgIpc) is 3.01. The van der Waals surface area contributed by atoms with Crippen LogP contribution in [0.15, 0.2) is 10.7 Å². The van der Waals surface area contributed by atoms with Crippen LogP contribution in [0.4, 0.5) is 0 Å². The van der Waals surface area contributed by atoms with Gasteiger partial charge >= 0.3 is 0 Å². The number of hydrogen-bond donors (Lipinski definition) is 1. The second-order valence-electron chi connectivity index (χ2n) is 6.20. The summed E-state index contributed by atoms with van der Waals surface area (Å²) in [5.74, 6) is 2.03. The van der Waals surface area contributed by atoms with E-state index in [-0.39, 0.29) is 6.10 Å². The molecule has 1 N–H and O–H groups in total. The van der Waals surface area contributed by atoms with E-state index in [9.17, 15) is 5.11 Å². The van der Waals surface area contributed by atoms with E-state index in [1.54, 1.807) is 0 Å². The second-order valence-corrected chi connectivity index (χ2v) is 7.05. The first-order valence-electron chi connectivity index (χ1n) is 6.99. The van der Waals surface area contributed by atoms with Crippen molar-refractivity contribution in [1.82, 2.24) is 9.78 Å². The Morgan fingerprint density at radius 2 is 2.17 bits per heavy atom. The Balaban J connectivity index is 1.88. The molecule has 2 bridgehead atoms. The van der Waals surface area contributed by atoms with Gasteiger partial charge < -0.3 is 5.11 Å². The van der Waals surface area contributed by atoms with Crippen LogP contribution in [0.25, 0.3) is 0 Å². The van der Waals surface area contributed by atoms with Gasteiger partial charge in [-0.2, -0.15) is 5.10 Å². The lowest BCUT2D eigenvalue weighted by molar-refractivity contribution is 0.0651. The molecule has 4 atom stereocenters. The summed E-state index contributed by atoms with van der Waals surface area (Å²) in [4.78, 5) is 0. The molecule has 0 amide bonds. The van der Waals surface area contributed by atoms with Gasteiger partial charge in [-0.3, -0.25) is 4.68 Å². The van der Waals surface area contributed by atoms with E-state index in [1.165, 1.54) is 25.7 Å². The predicted molar refractivity (Wildman–Crippen MR) is 74.2 cm³/mol. The fraction of sp³-hybridized carbons (Fsp3) is 0.786. The molecule has 0 aliphatic heterocycles. The van der Waals surface area contributed by atoms with E-state index in [1.807, 2.05) is 10.9 Å². The standard InChI is InChI=1S/C14H21BrN2O/c1-8(2)17-13(12(15)7-16-17)14(18)11-6-9-3-4-10(11)5-9/h7-11,14,18H,3-6H2,1-2H3. The summed E-state index contributed by atoms with van der Waals surface area (Å²) >= 11 is 3.54. The van der Waals surface area contributed by atoms with Crippen molar-refractivity contribution in [3.05, 3.63) is 16.4 Å². The first-order chi connectivity index (χ1) is 8.58. The van der Waals surface area contributed by atoms with Crippen molar-refractivity contribution in [1.29, 1.82) is 0 Å². The Bertz CT molecular complexity index is 443. The van der Waals surface area contributed by atoms with Gasteiger partial charge in [-0.25, -0.2) is 0 Å². The highest BCUT2D eigenvalue weighted by atomic mass is 79.9. The zero-order valence-corrected chi connectivity index (χ0v) is 12.6. The normalized spacial score (nSPS) is 32.4. The van der Waals surface area contributed by atoms with E-state index >= 15 is 0 Å². The second kappa shape index (κ2) is 4.64. The molecule has 1 aromatic rings. The Kier molecular flexibility index (Phi) is 3.27. The van der Waals surface area contributed by atoms with Crippen LogP contribution in [0.1, 0.15) is 57.4 Å². The van der Waals surface area contributed by atoms with E-state index in [4.69, 9.17) is 0 Å². The van der Waals surface area contributed by atoms with Gasteiger partial charge in [0.25, 0.3) is 0 Å². The Labute approximate surface area is 117 Å². The summed E-state index contributed by atoms with van der Waals surface area (Å²) in [6, 6.07) is 0.291. The molecule has 2 aliphatic carbocycles. The minimum Gasteiger partial charge on any atom is -0.386 e. The molecular formula is C14H21BrN2O. The summed E-state index contributed by atoms with van der Waals surface area (Å²) in [6.45, 7) is 4.22. The molecule has 0 radical (unpaired) electrons. The van der Waals surface area contributed by atoms with E-state index < -0.39 is 0 Å². The molecule has 4 heteroatoms. The Morgan fingerprint density at radius 1 is 1.39 bits per heavy atom. The summed E-state index contributed by atoms with van der Waals surface area (Å²) < 4.78 is 2.91. The number of halogens is 1. The van der Waals surface area contributed by atoms with Crippen molar-refractivity contribution in [2.45, 2.75) is 51.7 Å². The van der Waals surface area contributed by atoms with Crippen LogP contribution in [0.3, 0.4) is 0 Å². The Hall–Kier alpha value is -0.350. The fourth-order valence-electron chi connectivity index (χ4n) is 3.92. The number of aliphatic hydroxyl groups excluding tert-OH is 1. The van der Waals surface area contributed by atoms with Crippen LogP contribution in [0.5, 0.6) is 0 Å². The number of nitrogens with zero attached hydrogens (tertiary/aromatic N) is 2. The summed E-state index contributed by atoms with van der Waals surface area (Å²) in [5.41, 5.74) is 0.975. The van der Waals surface area contributed by atoms with E-state index in [0.29, 0.717) is 12.0 Å². The topological polar surface area (TPSA) is 38.0 Å². The van der Waals surface area contributed by atoms with Gasteiger partial charge in [0.15, 0.2) is 0 Å². The van der Waals surface area contributed by atoms with Gasteiger partial charge in [-0.05, 0) is 66.8 Å². The number of fused-ring (bicyclic) bond motifs is 2. The van der Waals surface area contributed by atoms with Crippen molar-refractivity contribution in [2.75, 3.05) is 0 Å². The van der Waals surface area contributed by atoms with Gasteiger partial charge in [-0.15, -0.1) is 0 Å². The third-order valence-corrected chi connectivity index (χ3v) is 5.37. The molecule has 0 saturated heterocycles. The molecule has 1 heterocycles. The van der Waals surface area contributed by atoms with Crippen LogP contribution in [-0.2, 0) is 0 Å². The molecule has 2 fully saturated rings. The van der Waals surface area contributed by atoms with Gasteiger partial charge in [0.05, 0.1) is 22.5 Å². The molecular weight excluding hydrogens is 292 g/mol. The molecule has 2 saturated carbocycles. The minimum atomic E-state index is -0.362. The molecule has 0 spiro atoms. The van der Waals surface area contributed by atoms with Crippen molar-refractivity contribution in [3.8, 4) is 0 Å². The molecule has 3 nitrogen and oxygen atoms in total. The smallest absolute Gasteiger partial charge is 0.0999 e. The predicted octanol–water partition coefficient (Wildman–Crippen LogP) is 3.70. The SMILES string of the molecule is CC(C)n1ncc(Br)c1C(O)C1CC2CCC1C2. The van der Waals surface area contributed by atoms with E-state index in [0.717, 1.165) is 22.0 Å². The maximum atomic E-state index is 10.8. The Morgan fingerprint density at radius 3 is 2.72 bits per heavy atom. The number of aromatic nitrogens is 2. The molecule has 0 aromatic carbocycles. The number of aliphatic hydroxyl groups is 1. The van der Waals surface area contributed by atoms with Gasteiger partial charge in [0, 0.05) is 6.04 Å². The summed E-state index contributed by atoms with van der Waals surface area (Å²) in [5, 5.41) is 15.1.